The number of halogens is 2. The van der Waals surface area contributed by atoms with Crippen LogP contribution in [-0.2, 0) is 9.53 Å². The summed E-state index contributed by atoms with van der Waals surface area (Å²) < 4.78 is 38.2. The first kappa shape index (κ1) is 17.9. The molecule has 2 aromatic carbocycles. The zero-order valence-corrected chi connectivity index (χ0v) is 13.4. The molecule has 2 rings (SSSR count). The Labute approximate surface area is 138 Å². The number of carboxylic acids is 1. The van der Waals surface area contributed by atoms with Crippen molar-refractivity contribution in [3.8, 4) is 16.9 Å². The van der Waals surface area contributed by atoms with Crippen LogP contribution in [0.2, 0.25) is 0 Å². The van der Waals surface area contributed by atoms with Crippen molar-refractivity contribution in [2.24, 2.45) is 0 Å². The third kappa shape index (κ3) is 3.89. The number of aliphatic carboxylic acids is 1. The SMILES string of the molecule is CCOc1c(F)cc(C(OCC)C(=O)O)cc1-c1ccc(F)cc1. The summed E-state index contributed by atoms with van der Waals surface area (Å²) >= 11 is 0. The van der Waals surface area contributed by atoms with E-state index in [4.69, 9.17) is 9.47 Å². The van der Waals surface area contributed by atoms with E-state index >= 15 is 0 Å². The van der Waals surface area contributed by atoms with Gasteiger partial charge in [0.2, 0.25) is 0 Å². The van der Waals surface area contributed by atoms with Crippen LogP contribution < -0.4 is 4.74 Å². The highest BCUT2D eigenvalue weighted by Crippen LogP contribution is 2.36. The lowest BCUT2D eigenvalue weighted by Gasteiger charge is -2.17. The summed E-state index contributed by atoms with van der Waals surface area (Å²) in [4.78, 5) is 11.4. The summed E-state index contributed by atoms with van der Waals surface area (Å²) in [5, 5.41) is 9.29. The Morgan fingerprint density at radius 3 is 2.33 bits per heavy atom. The van der Waals surface area contributed by atoms with Gasteiger partial charge in [-0.05, 0) is 49.2 Å². The summed E-state index contributed by atoms with van der Waals surface area (Å²) in [5.41, 5.74) is 1.02. The molecule has 6 heteroatoms. The van der Waals surface area contributed by atoms with E-state index in [-0.39, 0.29) is 24.5 Å². The van der Waals surface area contributed by atoms with Gasteiger partial charge in [-0.2, -0.15) is 0 Å². The monoisotopic (exact) mass is 336 g/mol. The van der Waals surface area contributed by atoms with E-state index in [0.29, 0.717) is 11.1 Å². The summed E-state index contributed by atoms with van der Waals surface area (Å²) in [5.74, 6) is -2.34. The molecule has 24 heavy (non-hydrogen) atoms. The van der Waals surface area contributed by atoms with Crippen molar-refractivity contribution in [1.82, 2.24) is 0 Å². The fraction of sp³-hybridized carbons (Fsp3) is 0.278. The third-order valence-corrected chi connectivity index (χ3v) is 3.37. The first-order valence-corrected chi connectivity index (χ1v) is 7.54. The first-order valence-electron chi connectivity index (χ1n) is 7.54. The van der Waals surface area contributed by atoms with Crippen LogP contribution in [0.4, 0.5) is 8.78 Å². The number of hydrogen-bond acceptors (Lipinski definition) is 3. The maximum atomic E-state index is 14.5. The molecule has 0 saturated heterocycles. The van der Waals surface area contributed by atoms with Crippen LogP contribution in [0.1, 0.15) is 25.5 Å². The molecular weight excluding hydrogens is 318 g/mol. The molecule has 0 aliphatic heterocycles. The largest absolute Gasteiger partial charge is 0.490 e. The van der Waals surface area contributed by atoms with E-state index in [9.17, 15) is 18.7 Å². The van der Waals surface area contributed by atoms with Gasteiger partial charge in [-0.25, -0.2) is 13.6 Å². The Bertz CT molecular complexity index is 714. The molecule has 0 spiro atoms. The minimum atomic E-state index is -1.29. The van der Waals surface area contributed by atoms with Crippen molar-refractivity contribution in [3.63, 3.8) is 0 Å². The molecule has 0 radical (unpaired) electrons. The molecule has 0 saturated carbocycles. The molecule has 0 aromatic heterocycles. The van der Waals surface area contributed by atoms with E-state index in [1.54, 1.807) is 13.8 Å². The van der Waals surface area contributed by atoms with Gasteiger partial charge < -0.3 is 14.6 Å². The van der Waals surface area contributed by atoms with Gasteiger partial charge >= 0.3 is 5.97 Å². The quantitative estimate of drug-likeness (QED) is 0.823. The zero-order valence-electron chi connectivity index (χ0n) is 13.4. The van der Waals surface area contributed by atoms with Crippen molar-refractivity contribution >= 4 is 5.97 Å². The second-order valence-corrected chi connectivity index (χ2v) is 4.99. The number of carboxylic acid groups (broad SMARTS) is 1. The molecule has 0 amide bonds. The number of benzene rings is 2. The summed E-state index contributed by atoms with van der Waals surface area (Å²) in [6.45, 7) is 3.76. The average Bonchev–Trinajstić information content (AvgIpc) is 2.55. The van der Waals surface area contributed by atoms with Crippen molar-refractivity contribution in [2.45, 2.75) is 20.0 Å². The average molecular weight is 336 g/mol. The summed E-state index contributed by atoms with van der Waals surface area (Å²) in [6.07, 6.45) is -1.29. The summed E-state index contributed by atoms with van der Waals surface area (Å²) in [6, 6.07) is 8.03. The van der Waals surface area contributed by atoms with Crippen LogP contribution in [0, 0.1) is 11.6 Å². The predicted octanol–water partition coefficient (Wildman–Crippen LogP) is 4.19. The van der Waals surface area contributed by atoms with Crippen molar-refractivity contribution in [3.05, 3.63) is 53.6 Å². The lowest BCUT2D eigenvalue weighted by atomic mass is 9.98. The third-order valence-electron chi connectivity index (χ3n) is 3.37. The molecule has 0 heterocycles. The highest BCUT2D eigenvalue weighted by molar-refractivity contribution is 5.77. The number of ether oxygens (including phenoxy) is 2. The highest BCUT2D eigenvalue weighted by Gasteiger charge is 2.24. The predicted molar refractivity (Wildman–Crippen MR) is 85.0 cm³/mol. The Morgan fingerprint density at radius 1 is 1.12 bits per heavy atom. The molecule has 0 bridgehead atoms. The second kappa shape index (κ2) is 7.88. The Morgan fingerprint density at radius 2 is 1.79 bits per heavy atom. The molecule has 0 fully saturated rings. The van der Waals surface area contributed by atoms with Gasteiger partial charge in [-0.15, -0.1) is 0 Å². The smallest absolute Gasteiger partial charge is 0.337 e. The van der Waals surface area contributed by atoms with E-state index < -0.39 is 23.7 Å². The molecular formula is C18H18F2O4. The number of rotatable bonds is 7. The van der Waals surface area contributed by atoms with Gasteiger partial charge in [0, 0.05) is 12.2 Å². The lowest BCUT2D eigenvalue weighted by Crippen LogP contribution is -2.16. The van der Waals surface area contributed by atoms with Crippen LogP contribution >= 0.6 is 0 Å². The molecule has 1 N–H and O–H groups in total. The maximum absolute atomic E-state index is 14.5. The van der Waals surface area contributed by atoms with Gasteiger partial charge in [0.15, 0.2) is 17.7 Å². The van der Waals surface area contributed by atoms with Crippen LogP contribution in [-0.4, -0.2) is 24.3 Å². The lowest BCUT2D eigenvalue weighted by molar-refractivity contribution is -0.150. The first-order chi connectivity index (χ1) is 11.5. The van der Waals surface area contributed by atoms with Crippen LogP contribution in [0.15, 0.2) is 36.4 Å². The second-order valence-electron chi connectivity index (χ2n) is 4.99. The van der Waals surface area contributed by atoms with Crippen molar-refractivity contribution in [2.75, 3.05) is 13.2 Å². The molecule has 1 unspecified atom stereocenters. The Balaban J connectivity index is 2.60. The fourth-order valence-corrected chi connectivity index (χ4v) is 2.38. The highest BCUT2D eigenvalue weighted by atomic mass is 19.1. The van der Waals surface area contributed by atoms with Crippen molar-refractivity contribution < 1.29 is 28.2 Å². The van der Waals surface area contributed by atoms with Crippen LogP contribution in [0.3, 0.4) is 0 Å². The molecule has 0 aliphatic carbocycles. The van der Waals surface area contributed by atoms with Gasteiger partial charge in [-0.3, -0.25) is 0 Å². The zero-order chi connectivity index (χ0) is 17.7. The topological polar surface area (TPSA) is 55.8 Å². The number of carbonyl (C=O) groups is 1. The Kier molecular flexibility index (Phi) is 5.87. The molecule has 0 aliphatic rings. The van der Waals surface area contributed by atoms with E-state index in [1.165, 1.54) is 30.3 Å². The molecule has 4 nitrogen and oxygen atoms in total. The van der Waals surface area contributed by atoms with E-state index in [0.717, 1.165) is 6.07 Å². The molecule has 128 valence electrons. The maximum Gasteiger partial charge on any atom is 0.337 e. The summed E-state index contributed by atoms with van der Waals surface area (Å²) in [7, 11) is 0. The van der Waals surface area contributed by atoms with Crippen molar-refractivity contribution in [1.29, 1.82) is 0 Å². The minimum Gasteiger partial charge on any atom is -0.490 e. The van der Waals surface area contributed by atoms with Gasteiger partial charge in [0.1, 0.15) is 5.82 Å². The standard InChI is InChI=1S/C18H18F2O4/c1-3-23-16(18(21)22)12-9-14(11-5-7-13(19)8-6-11)17(24-4-2)15(20)10-12/h5-10,16H,3-4H2,1-2H3,(H,21,22). The van der Waals surface area contributed by atoms with Crippen LogP contribution in [0.25, 0.3) is 11.1 Å². The van der Waals surface area contributed by atoms with Gasteiger partial charge in [0.05, 0.1) is 6.61 Å². The van der Waals surface area contributed by atoms with Gasteiger partial charge in [-0.1, -0.05) is 12.1 Å². The van der Waals surface area contributed by atoms with Crippen LogP contribution in [0.5, 0.6) is 5.75 Å². The van der Waals surface area contributed by atoms with E-state index in [2.05, 4.69) is 0 Å². The fourth-order valence-electron chi connectivity index (χ4n) is 2.38. The molecule has 1 atom stereocenters. The minimum absolute atomic E-state index is 0.00602. The normalized spacial score (nSPS) is 12.0. The number of hydrogen-bond donors (Lipinski definition) is 1. The van der Waals surface area contributed by atoms with E-state index in [1.807, 2.05) is 0 Å². The molecule has 2 aromatic rings. The van der Waals surface area contributed by atoms with Gasteiger partial charge in [0.25, 0.3) is 0 Å². The Hall–Kier alpha value is -2.47.